The summed E-state index contributed by atoms with van der Waals surface area (Å²) in [6.07, 6.45) is 17.0. The van der Waals surface area contributed by atoms with E-state index in [9.17, 15) is 0 Å². The van der Waals surface area contributed by atoms with Crippen molar-refractivity contribution < 1.29 is 0 Å². The molecule has 0 N–H and O–H groups in total. The average molecular weight is 1110 g/mol. The predicted molar refractivity (Wildman–Crippen MR) is 372 cm³/mol. The Kier molecular flexibility index (Phi) is 14.6. The molecule has 0 aliphatic heterocycles. The van der Waals surface area contributed by atoms with Gasteiger partial charge in [0.2, 0.25) is 0 Å². The molecule has 0 nitrogen and oxygen atoms in total. The van der Waals surface area contributed by atoms with Crippen LogP contribution >= 0.6 is 0 Å². The average Bonchev–Trinajstić information content (AvgIpc) is 1.46. The Labute approximate surface area is 508 Å². The Bertz CT molecular complexity index is 4320. The molecule has 0 spiro atoms. The maximum Gasteiger partial charge on any atom is -0.000464 e. The van der Waals surface area contributed by atoms with Crippen molar-refractivity contribution in [2.75, 3.05) is 0 Å². The summed E-state index contributed by atoms with van der Waals surface area (Å²) in [7, 11) is 0. The molecule has 86 heavy (non-hydrogen) atoms. The van der Waals surface area contributed by atoms with E-state index in [1.807, 2.05) is 0 Å². The third-order valence-corrected chi connectivity index (χ3v) is 19.3. The fourth-order valence-electron chi connectivity index (χ4n) is 15.5. The molecular weight excluding hydrogens is 1030 g/mol. The van der Waals surface area contributed by atoms with Gasteiger partial charge in [-0.3, -0.25) is 0 Å². The summed E-state index contributed by atoms with van der Waals surface area (Å²) in [5.41, 5.74) is 29.4. The van der Waals surface area contributed by atoms with Gasteiger partial charge < -0.3 is 0 Å². The highest BCUT2D eigenvalue weighted by Gasteiger charge is 2.35. The highest BCUT2D eigenvalue weighted by Crippen LogP contribution is 2.62. The van der Waals surface area contributed by atoms with Gasteiger partial charge in [0.05, 0.1) is 0 Å². The Morgan fingerprint density at radius 2 is 0.535 bits per heavy atom. The van der Waals surface area contributed by atoms with Crippen LogP contribution in [0.2, 0.25) is 0 Å². The molecule has 15 rings (SSSR count). The van der Waals surface area contributed by atoms with Crippen molar-refractivity contribution in [1.82, 2.24) is 0 Å². The van der Waals surface area contributed by atoms with Gasteiger partial charge >= 0.3 is 0 Å². The molecule has 2 aliphatic rings. The molecular formula is C86H74. The number of aryl methyl sites for hydroxylation is 2. The summed E-state index contributed by atoms with van der Waals surface area (Å²) >= 11 is 0. The normalized spacial score (nSPS) is 12.0. The van der Waals surface area contributed by atoms with E-state index in [1.165, 1.54) is 230 Å². The highest BCUT2D eigenvalue weighted by molar-refractivity contribution is 6.32. The van der Waals surface area contributed by atoms with Crippen molar-refractivity contribution in [2.24, 2.45) is 0 Å². The van der Waals surface area contributed by atoms with Crippen LogP contribution in [0.1, 0.15) is 102 Å². The van der Waals surface area contributed by atoms with E-state index in [0.717, 1.165) is 25.7 Å². The summed E-state index contributed by atoms with van der Waals surface area (Å²) < 4.78 is 0. The number of fused-ring (bicyclic) bond motifs is 8. The second-order valence-corrected chi connectivity index (χ2v) is 24.5. The topological polar surface area (TPSA) is 0 Å². The first-order chi connectivity index (χ1) is 42.7. The fraction of sp³-hybridized carbons (Fsp3) is 0.186. The van der Waals surface area contributed by atoms with Crippen molar-refractivity contribution in [3.05, 3.63) is 254 Å². The van der Waals surface area contributed by atoms with E-state index in [1.54, 1.807) is 0 Å². The first-order valence-electron chi connectivity index (χ1n) is 32.4. The van der Waals surface area contributed by atoms with Crippen LogP contribution in [0, 0.1) is 0 Å². The van der Waals surface area contributed by atoms with Crippen LogP contribution in [-0.2, 0) is 12.8 Å². The van der Waals surface area contributed by atoms with Crippen molar-refractivity contribution in [2.45, 2.75) is 104 Å². The van der Waals surface area contributed by atoms with Crippen LogP contribution in [-0.4, -0.2) is 0 Å². The predicted octanol–water partition coefficient (Wildman–Crippen LogP) is 25.4. The standard InChI is InChI=1S/C86H74/c1-3-5-7-9-11-17-41-63-55-61-43-31-49-67-73-53-51-65(57-33-19-13-20-34-57)75(59-37-23-15-24-38-59)83(73)85(77(61)67)79(63)81-69-45-27-29-47-71(69)82(72-48-30-28-46-70(72)81)80-64(42-18-12-10-8-6-4-2)56-62-44-32-50-68-74-54-52-66(58-35-21-14-22-36-58)76(60-39-25-16-26-40-60)84(74)86(80)78(62)68/h13-16,19-40,43-56H,3-12,17-18,41-42H2,1-2H3. The quantitative estimate of drug-likeness (QED) is 0.0527. The minimum Gasteiger partial charge on any atom is -0.0654 e. The van der Waals surface area contributed by atoms with E-state index in [-0.39, 0.29) is 0 Å². The van der Waals surface area contributed by atoms with Crippen molar-refractivity contribution in [3.8, 4) is 111 Å². The Hall–Kier alpha value is -9.10. The third kappa shape index (κ3) is 9.20. The lowest BCUT2D eigenvalue weighted by molar-refractivity contribution is 0.608. The first kappa shape index (κ1) is 53.6. The summed E-state index contributed by atoms with van der Waals surface area (Å²) in [6, 6.07) is 93.3. The lowest BCUT2D eigenvalue weighted by Gasteiger charge is -2.26. The molecule has 0 heterocycles. The van der Waals surface area contributed by atoms with Gasteiger partial charge in [0.1, 0.15) is 0 Å². The van der Waals surface area contributed by atoms with Crippen LogP contribution < -0.4 is 0 Å². The van der Waals surface area contributed by atoms with E-state index >= 15 is 0 Å². The molecule has 2 aliphatic carbocycles. The molecule has 0 aromatic heterocycles. The number of unbranched alkanes of at least 4 members (excludes halogenated alkanes) is 10. The van der Waals surface area contributed by atoms with Gasteiger partial charge in [-0.15, -0.1) is 0 Å². The molecule has 13 aromatic rings. The third-order valence-electron chi connectivity index (χ3n) is 19.3. The van der Waals surface area contributed by atoms with Gasteiger partial charge in [-0.25, -0.2) is 0 Å². The summed E-state index contributed by atoms with van der Waals surface area (Å²) in [6.45, 7) is 4.65. The van der Waals surface area contributed by atoms with Crippen LogP contribution in [0.3, 0.4) is 0 Å². The summed E-state index contributed by atoms with van der Waals surface area (Å²) in [4.78, 5) is 0. The number of hydrogen-bond donors (Lipinski definition) is 0. The molecule has 13 aromatic carbocycles. The second-order valence-electron chi connectivity index (χ2n) is 24.5. The number of hydrogen-bond acceptors (Lipinski definition) is 0. The van der Waals surface area contributed by atoms with Gasteiger partial charge in [-0.1, -0.05) is 321 Å². The molecule has 0 unspecified atom stereocenters. The van der Waals surface area contributed by atoms with E-state index in [2.05, 4.69) is 257 Å². The van der Waals surface area contributed by atoms with Crippen molar-refractivity contribution in [1.29, 1.82) is 0 Å². The molecule has 0 saturated heterocycles. The zero-order valence-corrected chi connectivity index (χ0v) is 50.0. The molecule has 0 atom stereocenters. The summed E-state index contributed by atoms with van der Waals surface area (Å²) in [5, 5.41) is 10.7. The zero-order valence-electron chi connectivity index (χ0n) is 50.0. The summed E-state index contributed by atoms with van der Waals surface area (Å²) in [5.74, 6) is 0. The Morgan fingerprint density at radius 3 is 0.907 bits per heavy atom. The van der Waals surface area contributed by atoms with E-state index in [4.69, 9.17) is 0 Å². The van der Waals surface area contributed by atoms with Crippen LogP contribution in [0.15, 0.2) is 243 Å². The number of rotatable bonds is 20. The van der Waals surface area contributed by atoms with E-state index < -0.39 is 0 Å². The Balaban J connectivity index is 1.07. The molecule has 0 bridgehead atoms. The van der Waals surface area contributed by atoms with Crippen molar-refractivity contribution in [3.63, 3.8) is 0 Å². The molecule has 0 radical (unpaired) electrons. The van der Waals surface area contributed by atoms with Crippen LogP contribution in [0.25, 0.3) is 154 Å². The molecule has 0 saturated carbocycles. The molecule has 0 amide bonds. The SMILES string of the molecule is CCCCCCCCc1cc2cccc3c2c(c1-c1c2ccccc2c(-c2c(CCCCCCCC)cc4cccc5c4c2-c2c-5ccc(-c4ccccc4)c2-c2ccccc2)c2ccccc12)-c1c-3ccc(-c2ccccc2)c1-c1ccccc1. The monoisotopic (exact) mass is 1110 g/mol. The molecule has 0 heteroatoms. The highest BCUT2D eigenvalue weighted by atomic mass is 14.4. The van der Waals surface area contributed by atoms with Crippen molar-refractivity contribution >= 4 is 43.1 Å². The lowest BCUT2D eigenvalue weighted by Crippen LogP contribution is -2.01. The minimum atomic E-state index is 1.01. The fourth-order valence-corrected chi connectivity index (χ4v) is 15.5. The first-order valence-corrected chi connectivity index (χ1v) is 32.4. The Morgan fingerprint density at radius 1 is 0.209 bits per heavy atom. The van der Waals surface area contributed by atoms with Crippen LogP contribution in [0.4, 0.5) is 0 Å². The molecule has 0 fully saturated rings. The van der Waals surface area contributed by atoms with Gasteiger partial charge in [-0.05, 0) is 191 Å². The van der Waals surface area contributed by atoms with E-state index in [0.29, 0.717) is 0 Å². The zero-order chi connectivity index (χ0) is 57.5. The largest absolute Gasteiger partial charge is 0.0654 e. The van der Waals surface area contributed by atoms with Gasteiger partial charge in [-0.2, -0.15) is 0 Å². The lowest BCUT2D eigenvalue weighted by atomic mass is 9.77. The maximum absolute atomic E-state index is 2.61. The minimum absolute atomic E-state index is 1.01. The maximum atomic E-state index is 2.61. The van der Waals surface area contributed by atoms with Gasteiger partial charge in [0, 0.05) is 0 Å². The smallest absolute Gasteiger partial charge is 0.000464 e. The molecule has 418 valence electrons. The van der Waals surface area contributed by atoms with Crippen LogP contribution in [0.5, 0.6) is 0 Å². The van der Waals surface area contributed by atoms with Gasteiger partial charge in [0.15, 0.2) is 0 Å². The second kappa shape index (κ2) is 23.4. The van der Waals surface area contributed by atoms with Gasteiger partial charge in [0.25, 0.3) is 0 Å². The number of benzene rings is 13.